The van der Waals surface area contributed by atoms with Crippen molar-refractivity contribution < 1.29 is 27.2 Å². The summed E-state index contributed by atoms with van der Waals surface area (Å²) >= 11 is 3.05. The van der Waals surface area contributed by atoms with E-state index in [-0.39, 0.29) is 40.8 Å². The number of nitrogens with one attached hydrogen (secondary N) is 2. The normalized spacial score (nSPS) is 16.2. The minimum Gasteiger partial charge on any atom is -0.409 e. The molecular weight excluding hydrogens is 451 g/mol. The van der Waals surface area contributed by atoms with E-state index in [9.17, 15) is 18.0 Å². The van der Waals surface area contributed by atoms with Crippen molar-refractivity contribution in [3.8, 4) is 0 Å². The van der Waals surface area contributed by atoms with Crippen LogP contribution in [0.5, 0.6) is 0 Å². The molecule has 0 unspecified atom stereocenters. The lowest BCUT2D eigenvalue weighted by Gasteiger charge is -2.35. The summed E-state index contributed by atoms with van der Waals surface area (Å²) in [5.74, 6) is -0.424. The molecule has 3 rings (SSSR count). The third kappa shape index (κ3) is 4.52. The molecule has 2 heterocycles. The van der Waals surface area contributed by atoms with Crippen LogP contribution >= 0.6 is 15.9 Å². The molecule has 0 bridgehead atoms. The fourth-order valence-electron chi connectivity index (χ4n) is 2.38. The maximum atomic E-state index is 13.3. The average molecular weight is 465 g/mol. The van der Waals surface area contributed by atoms with Crippen LogP contribution in [-0.4, -0.2) is 58.3 Å². The number of amidine groups is 1. The van der Waals surface area contributed by atoms with Crippen molar-refractivity contribution in [3.05, 3.63) is 34.2 Å². The Kier molecular flexibility index (Phi) is 5.59. The molecule has 0 saturated carbocycles. The van der Waals surface area contributed by atoms with Crippen LogP contribution in [0.3, 0.4) is 0 Å². The second-order valence-electron chi connectivity index (χ2n) is 5.71. The first kappa shape index (κ1) is 19.5. The maximum Gasteiger partial charge on any atom is 0.335 e. The summed E-state index contributed by atoms with van der Waals surface area (Å²) in [6, 6.07) is 4.10. The lowest BCUT2D eigenvalue weighted by atomic mass is 10.0. The molecule has 14 heteroatoms. The van der Waals surface area contributed by atoms with E-state index in [1.807, 2.05) is 0 Å². The molecule has 1 aliphatic heterocycles. The number of anilines is 2. The fourth-order valence-corrected chi connectivity index (χ4v) is 3.56. The monoisotopic (exact) mass is 464 g/mol. The van der Waals surface area contributed by atoms with Gasteiger partial charge in [-0.05, 0) is 44.4 Å². The van der Waals surface area contributed by atoms with Crippen LogP contribution in [0.15, 0.2) is 32.5 Å². The van der Waals surface area contributed by atoms with Gasteiger partial charge in [0.15, 0.2) is 5.69 Å². The standard InChI is InChI=1S/C13H14BrFN6O5S/c14-9-3-8(1-2-10(9)15)17-13(18-22)11-12(20-26-19-11)16-4-7-5-21(6-7)27(23,24)25/h1-3,7,22H,4-6H2,(H,16,20)(H,17,18)(H,23,24,25). The molecule has 0 spiro atoms. The van der Waals surface area contributed by atoms with E-state index >= 15 is 0 Å². The molecule has 1 aliphatic rings. The van der Waals surface area contributed by atoms with Crippen LogP contribution in [0.25, 0.3) is 0 Å². The van der Waals surface area contributed by atoms with Gasteiger partial charge in [0, 0.05) is 31.2 Å². The van der Waals surface area contributed by atoms with Crippen molar-refractivity contribution in [1.82, 2.24) is 14.6 Å². The highest BCUT2D eigenvalue weighted by Gasteiger charge is 2.34. The fraction of sp³-hybridized carbons (Fsp3) is 0.308. The Morgan fingerprint density at radius 2 is 2.19 bits per heavy atom. The van der Waals surface area contributed by atoms with Crippen LogP contribution in [0.4, 0.5) is 15.9 Å². The highest BCUT2D eigenvalue weighted by atomic mass is 79.9. The van der Waals surface area contributed by atoms with Gasteiger partial charge in [-0.1, -0.05) is 5.16 Å². The van der Waals surface area contributed by atoms with Crippen LogP contribution in [-0.2, 0) is 10.3 Å². The predicted octanol–water partition coefficient (Wildman–Crippen LogP) is 1.37. The van der Waals surface area contributed by atoms with Gasteiger partial charge in [-0.25, -0.2) is 9.02 Å². The number of halogens is 2. The molecule has 1 fully saturated rings. The number of aromatic nitrogens is 2. The molecule has 1 aromatic heterocycles. The molecule has 0 atom stereocenters. The van der Waals surface area contributed by atoms with E-state index in [4.69, 9.17) is 4.55 Å². The van der Waals surface area contributed by atoms with Gasteiger partial charge in [0.25, 0.3) is 0 Å². The van der Waals surface area contributed by atoms with Crippen molar-refractivity contribution >= 4 is 43.6 Å². The first-order chi connectivity index (χ1) is 12.8. The third-order valence-electron chi connectivity index (χ3n) is 3.80. The van der Waals surface area contributed by atoms with Gasteiger partial charge < -0.3 is 15.8 Å². The number of oxime groups is 1. The first-order valence-corrected chi connectivity index (χ1v) is 9.70. The van der Waals surface area contributed by atoms with E-state index in [0.29, 0.717) is 12.2 Å². The van der Waals surface area contributed by atoms with Crippen LogP contribution in [0.2, 0.25) is 0 Å². The highest BCUT2D eigenvalue weighted by molar-refractivity contribution is 9.10. The summed E-state index contributed by atoms with van der Waals surface area (Å²) in [6.45, 7) is 0.651. The van der Waals surface area contributed by atoms with Gasteiger partial charge in [-0.3, -0.25) is 4.55 Å². The molecule has 0 amide bonds. The summed E-state index contributed by atoms with van der Waals surface area (Å²) in [5.41, 5.74) is 0.497. The largest absolute Gasteiger partial charge is 0.409 e. The quantitative estimate of drug-likeness (QED) is 0.163. The topological polar surface area (TPSA) is 153 Å². The minimum absolute atomic E-state index is 0.0491. The van der Waals surface area contributed by atoms with Crippen molar-refractivity contribution in [1.29, 1.82) is 0 Å². The Hall–Kier alpha value is -2.29. The summed E-state index contributed by atoms with van der Waals surface area (Å²) in [5, 5.41) is 25.4. The zero-order valence-electron chi connectivity index (χ0n) is 13.5. The van der Waals surface area contributed by atoms with Crippen molar-refractivity contribution in [2.75, 3.05) is 30.3 Å². The molecule has 2 aromatic rings. The number of rotatable bonds is 6. The molecule has 1 aromatic carbocycles. The van der Waals surface area contributed by atoms with E-state index < -0.39 is 16.1 Å². The number of benzene rings is 1. The molecule has 1 saturated heterocycles. The Bertz CT molecular complexity index is 962. The first-order valence-electron chi connectivity index (χ1n) is 7.51. The van der Waals surface area contributed by atoms with E-state index in [1.54, 1.807) is 0 Å². The lowest BCUT2D eigenvalue weighted by molar-refractivity contribution is 0.192. The third-order valence-corrected chi connectivity index (χ3v) is 5.36. The smallest absolute Gasteiger partial charge is 0.335 e. The molecule has 4 N–H and O–H groups in total. The molecule has 11 nitrogen and oxygen atoms in total. The zero-order valence-corrected chi connectivity index (χ0v) is 15.9. The second kappa shape index (κ2) is 7.75. The highest BCUT2D eigenvalue weighted by Crippen LogP contribution is 2.22. The summed E-state index contributed by atoms with van der Waals surface area (Å²) < 4.78 is 49.9. The molecular formula is C13H14BrFN6O5S. The van der Waals surface area contributed by atoms with Gasteiger partial charge in [0.2, 0.25) is 11.7 Å². The Labute approximate surface area is 161 Å². The molecule has 0 aliphatic carbocycles. The van der Waals surface area contributed by atoms with Gasteiger partial charge in [-0.2, -0.15) is 12.7 Å². The van der Waals surface area contributed by atoms with Crippen LogP contribution in [0.1, 0.15) is 5.69 Å². The Balaban J connectivity index is 1.64. The molecule has 0 radical (unpaired) electrons. The molecule has 27 heavy (non-hydrogen) atoms. The van der Waals surface area contributed by atoms with Gasteiger partial charge in [-0.15, -0.1) is 0 Å². The van der Waals surface area contributed by atoms with Crippen LogP contribution in [0, 0.1) is 11.7 Å². The summed E-state index contributed by atoms with van der Waals surface area (Å²) in [7, 11) is -4.17. The molecule has 146 valence electrons. The zero-order chi connectivity index (χ0) is 19.6. The average Bonchev–Trinajstić information content (AvgIpc) is 3.01. The van der Waals surface area contributed by atoms with E-state index in [0.717, 1.165) is 4.31 Å². The van der Waals surface area contributed by atoms with Gasteiger partial charge in [0.05, 0.1) is 4.47 Å². The van der Waals surface area contributed by atoms with Gasteiger partial charge in [0.1, 0.15) is 5.82 Å². The SMILES string of the molecule is O=S(=O)(O)N1CC(CNc2nonc2/C(=N/O)Nc2ccc(F)c(Br)c2)C1. The van der Waals surface area contributed by atoms with Gasteiger partial charge >= 0.3 is 10.3 Å². The number of hydrogen-bond donors (Lipinski definition) is 4. The van der Waals surface area contributed by atoms with Crippen molar-refractivity contribution in [2.45, 2.75) is 0 Å². The summed E-state index contributed by atoms with van der Waals surface area (Å²) in [4.78, 5) is 0. The maximum absolute atomic E-state index is 13.3. The summed E-state index contributed by atoms with van der Waals surface area (Å²) in [6.07, 6.45) is 0. The Morgan fingerprint density at radius 1 is 1.44 bits per heavy atom. The van der Waals surface area contributed by atoms with Crippen molar-refractivity contribution in [2.24, 2.45) is 11.1 Å². The van der Waals surface area contributed by atoms with E-state index in [1.165, 1.54) is 18.2 Å². The lowest BCUT2D eigenvalue weighted by Crippen LogP contribution is -2.51. The predicted molar refractivity (Wildman–Crippen MR) is 95.4 cm³/mol. The second-order valence-corrected chi connectivity index (χ2v) is 7.97. The van der Waals surface area contributed by atoms with Crippen molar-refractivity contribution in [3.63, 3.8) is 0 Å². The van der Waals surface area contributed by atoms with Crippen LogP contribution < -0.4 is 10.6 Å². The minimum atomic E-state index is -4.17. The number of nitrogens with zero attached hydrogens (tertiary/aromatic N) is 4. The Morgan fingerprint density at radius 3 is 2.81 bits per heavy atom. The van der Waals surface area contributed by atoms with E-state index in [2.05, 4.69) is 46.7 Å². The number of hydrogen-bond acceptors (Lipinski definition) is 8.